The molecule has 10 nitrogen and oxygen atoms in total. The maximum absolute atomic E-state index is 13.5. The Morgan fingerprint density at radius 1 is 1.03 bits per heavy atom. The van der Waals surface area contributed by atoms with Crippen molar-refractivity contribution in [2.75, 3.05) is 13.1 Å². The molecule has 36 heavy (non-hydrogen) atoms. The summed E-state index contributed by atoms with van der Waals surface area (Å²) in [5.74, 6) is -2.53. The molecule has 0 aliphatic carbocycles. The molecule has 0 spiro atoms. The SMILES string of the molecule is C=CCCC(NC(=O)[C@@H]1CCCN1C(=O)[C@@H](NC(=O)OC(C)(C)C)C(C)(C)C)C(=O)C(=O)NCC=C. The molecular weight excluding hydrogens is 464 g/mol. The Balaban J connectivity index is 3.06. The third kappa shape index (κ3) is 9.47. The molecule has 3 atom stereocenters. The molecule has 0 aromatic rings. The van der Waals surface area contributed by atoms with Crippen LogP contribution < -0.4 is 16.0 Å². The predicted molar refractivity (Wildman–Crippen MR) is 137 cm³/mol. The summed E-state index contributed by atoms with van der Waals surface area (Å²) in [5, 5.41) is 7.74. The number of ether oxygens (including phenoxy) is 1. The summed E-state index contributed by atoms with van der Waals surface area (Å²) in [6.07, 6.45) is 3.89. The van der Waals surface area contributed by atoms with Gasteiger partial charge in [0.25, 0.3) is 5.91 Å². The summed E-state index contributed by atoms with van der Waals surface area (Å²) >= 11 is 0. The lowest BCUT2D eigenvalue weighted by Crippen LogP contribution is -2.59. The van der Waals surface area contributed by atoms with Gasteiger partial charge in [-0.3, -0.25) is 19.2 Å². The maximum atomic E-state index is 13.5. The number of allylic oxidation sites excluding steroid dienone is 1. The van der Waals surface area contributed by atoms with Gasteiger partial charge in [-0.2, -0.15) is 0 Å². The first kappa shape index (κ1) is 30.9. The van der Waals surface area contributed by atoms with Crippen LogP contribution in [0.1, 0.15) is 67.2 Å². The molecule has 10 heteroatoms. The predicted octanol–water partition coefficient (Wildman–Crippen LogP) is 2.24. The second-order valence-electron chi connectivity index (χ2n) is 10.9. The summed E-state index contributed by atoms with van der Waals surface area (Å²) in [4.78, 5) is 65.5. The van der Waals surface area contributed by atoms with Crippen molar-refractivity contribution >= 4 is 29.6 Å². The van der Waals surface area contributed by atoms with Gasteiger partial charge < -0.3 is 25.6 Å². The van der Waals surface area contributed by atoms with Crippen molar-refractivity contribution in [1.82, 2.24) is 20.9 Å². The van der Waals surface area contributed by atoms with Gasteiger partial charge in [0, 0.05) is 13.1 Å². The first-order valence-corrected chi connectivity index (χ1v) is 12.3. The quantitative estimate of drug-likeness (QED) is 0.291. The number of nitrogens with one attached hydrogen (secondary N) is 3. The van der Waals surface area contributed by atoms with E-state index in [4.69, 9.17) is 4.74 Å². The zero-order chi connectivity index (χ0) is 27.7. The van der Waals surface area contributed by atoms with Crippen LogP contribution in [0.4, 0.5) is 4.79 Å². The summed E-state index contributed by atoms with van der Waals surface area (Å²) in [5.41, 5.74) is -1.40. The van der Waals surface area contributed by atoms with Gasteiger partial charge in [0.1, 0.15) is 17.7 Å². The highest BCUT2D eigenvalue weighted by molar-refractivity contribution is 6.38. The topological polar surface area (TPSA) is 134 Å². The van der Waals surface area contributed by atoms with Gasteiger partial charge in [-0.15, -0.1) is 13.2 Å². The molecule has 1 unspecified atom stereocenters. The minimum absolute atomic E-state index is 0.121. The lowest BCUT2D eigenvalue weighted by Gasteiger charge is -2.36. The summed E-state index contributed by atoms with van der Waals surface area (Å²) in [6.45, 7) is 18.2. The van der Waals surface area contributed by atoms with Crippen molar-refractivity contribution in [3.8, 4) is 0 Å². The zero-order valence-corrected chi connectivity index (χ0v) is 22.4. The van der Waals surface area contributed by atoms with Crippen LogP contribution >= 0.6 is 0 Å². The fourth-order valence-corrected chi connectivity index (χ4v) is 3.77. The molecule has 1 fully saturated rings. The van der Waals surface area contributed by atoms with Crippen LogP contribution in [0.2, 0.25) is 0 Å². The van der Waals surface area contributed by atoms with Crippen LogP contribution in [-0.4, -0.2) is 71.3 Å². The molecule has 0 aromatic heterocycles. The number of carbonyl (C=O) groups is 5. The molecule has 1 rings (SSSR count). The molecule has 4 amide bonds. The number of rotatable bonds is 11. The Kier molecular flexibility index (Phi) is 11.3. The average Bonchev–Trinajstić information content (AvgIpc) is 3.25. The number of alkyl carbamates (subject to hydrolysis) is 1. The zero-order valence-electron chi connectivity index (χ0n) is 22.4. The van der Waals surface area contributed by atoms with Crippen molar-refractivity contribution in [3.05, 3.63) is 25.3 Å². The number of Topliss-reactive ketones (excluding diaryl/α,β-unsaturated/α-hetero) is 1. The van der Waals surface area contributed by atoms with E-state index in [2.05, 4.69) is 29.1 Å². The molecule has 1 aliphatic rings. The number of nitrogens with zero attached hydrogens (tertiary/aromatic N) is 1. The number of ketones is 1. The Bertz CT molecular complexity index is 855. The highest BCUT2D eigenvalue weighted by atomic mass is 16.6. The van der Waals surface area contributed by atoms with Crippen LogP contribution in [0.3, 0.4) is 0 Å². The van der Waals surface area contributed by atoms with Gasteiger partial charge in [-0.05, 0) is 51.9 Å². The van der Waals surface area contributed by atoms with Crippen molar-refractivity contribution in [1.29, 1.82) is 0 Å². The normalized spacial score (nSPS) is 17.4. The second kappa shape index (κ2) is 13.2. The van der Waals surface area contributed by atoms with Gasteiger partial charge in [0.2, 0.25) is 17.6 Å². The first-order valence-electron chi connectivity index (χ1n) is 12.3. The minimum Gasteiger partial charge on any atom is -0.444 e. The van der Waals surface area contributed by atoms with E-state index in [1.54, 1.807) is 26.8 Å². The molecule has 1 aliphatic heterocycles. The standard InChI is InChI=1S/C26H42N4O6/c1-9-11-13-17(19(31)22(33)27-15-10-2)28-21(32)18-14-12-16-30(18)23(34)20(25(3,4)5)29-24(35)36-26(6,7)8/h9-10,17-18,20H,1-2,11-16H2,3-8H3,(H,27,33)(H,28,32)(H,29,35)/t17?,18-,20+/m0/s1. The molecule has 0 bridgehead atoms. The van der Waals surface area contributed by atoms with E-state index < -0.39 is 58.7 Å². The van der Waals surface area contributed by atoms with E-state index in [1.807, 2.05) is 20.8 Å². The van der Waals surface area contributed by atoms with E-state index in [1.165, 1.54) is 11.0 Å². The number of hydrogen-bond acceptors (Lipinski definition) is 6. The van der Waals surface area contributed by atoms with E-state index in [0.29, 0.717) is 25.8 Å². The van der Waals surface area contributed by atoms with E-state index in [-0.39, 0.29) is 13.0 Å². The van der Waals surface area contributed by atoms with Gasteiger partial charge in [0.15, 0.2) is 0 Å². The Morgan fingerprint density at radius 3 is 2.19 bits per heavy atom. The van der Waals surface area contributed by atoms with Gasteiger partial charge in [-0.25, -0.2) is 4.79 Å². The van der Waals surface area contributed by atoms with Gasteiger partial charge in [-0.1, -0.05) is 32.9 Å². The van der Waals surface area contributed by atoms with E-state index in [0.717, 1.165) is 0 Å². The monoisotopic (exact) mass is 506 g/mol. The smallest absolute Gasteiger partial charge is 0.408 e. The molecule has 3 N–H and O–H groups in total. The van der Waals surface area contributed by atoms with E-state index in [9.17, 15) is 24.0 Å². The molecular formula is C26H42N4O6. The highest BCUT2D eigenvalue weighted by Crippen LogP contribution is 2.26. The lowest BCUT2D eigenvalue weighted by molar-refractivity contribution is -0.144. The number of carbonyl (C=O) groups excluding carboxylic acids is 5. The van der Waals surface area contributed by atoms with Crippen LogP contribution in [0.15, 0.2) is 25.3 Å². The van der Waals surface area contributed by atoms with Gasteiger partial charge >= 0.3 is 6.09 Å². The van der Waals surface area contributed by atoms with Crippen molar-refractivity contribution in [3.63, 3.8) is 0 Å². The third-order valence-electron chi connectivity index (χ3n) is 5.54. The third-order valence-corrected chi connectivity index (χ3v) is 5.54. The Morgan fingerprint density at radius 2 is 1.67 bits per heavy atom. The Labute approximate surface area is 214 Å². The molecule has 1 heterocycles. The molecule has 1 saturated heterocycles. The molecule has 0 aromatic carbocycles. The molecule has 0 radical (unpaired) electrons. The Hall–Kier alpha value is -3.17. The van der Waals surface area contributed by atoms with Crippen LogP contribution in [0.25, 0.3) is 0 Å². The highest BCUT2D eigenvalue weighted by Gasteiger charge is 2.43. The van der Waals surface area contributed by atoms with Crippen molar-refractivity contribution in [2.24, 2.45) is 5.41 Å². The number of likely N-dealkylation sites (tertiary alicyclic amines) is 1. The van der Waals surface area contributed by atoms with Crippen LogP contribution in [-0.2, 0) is 23.9 Å². The summed E-state index contributed by atoms with van der Waals surface area (Å²) < 4.78 is 5.33. The van der Waals surface area contributed by atoms with Gasteiger partial charge in [0.05, 0.1) is 6.04 Å². The van der Waals surface area contributed by atoms with E-state index >= 15 is 0 Å². The lowest BCUT2D eigenvalue weighted by atomic mass is 9.85. The second-order valence-corrected chi connectivity index (χ2v) is 10.9. The average molecular weight is 507 g/mol. The number of amides is 4. The fraction of sp³-hybridized carbons (Fsp3) is 0.654. The molecule has 202 valence electrons. The van der Waals surface area contributed by atoms with Crippen molar-refractivity contribution < 1.29 is 28.7 Å². The fourth-order valence-electron chi connectivity index (χ4n) is 3.77. The van der Waals surface area contributed by atoms with Crippen LogP contribution in [0, 0.1) is 5.41 Å². The molecule has 0 saturated carbocycles. The number of hydrogen-bond donors (Lipinski definition) is 3. The maximum Gasteiger partial charge on any atom is 0.408 e. The largest absolute Gasteiger partial charge is 0.444 e. The van der Waals surface area contributed by atoms with Crippen LogP contribution in [0.5, 0.6) is 0 Å². The minimum atomic E-state index is -1.06. The first-order chi connectivity index (χ1) is 16.6. The van der Waals surface area contributed by atoms with Crippen molar-refractivity contribution in [2.45, 2.75) is 91.0 Å². The summed E-state index contributed by atoms with van der Waals surface area (Å²) in [6, 6.07) is -2.84. The summed E-state index contributed by atoms with van der Waals surface area (Å²) in [7, 11) is 0.